The lowest BCUT2D eigenvalue weighted by Gasteiger charge is -2.23. The van der Waals surface area contributed by atoms with E-state index in [1.807, 2.05) is 18.5 Å². The summed E-state index contributed by atoms with van der Waals surface area (Å²) in [7, 11) is 1.59. The van der Waals surface area contributed by atoms with Gasteiger partial charge in [0.25, 0.3) is 5.88 Å². The molecule has 1 aliphatic heterocycles. The van der Waals surface area contributed by atoms with E-state index in [0.717, 1.165) is 29.7 Å². The summed E-state index contributed by atoms with van der Waals surface area (Å²) in [5.74, 6) is 1.36. The smallest absolute Gasteiger partial charge is 0.254 e. The van der Waals surface area contributed by atoms with Gasteiger partial charge in [0.1, 0.15) is 0 Å². The first kappa shape index (κ1) is 13.6. The fourth-order valence-electron chi connectivity index (χ4n) is 2.67. The molecule has 0 aromatic carbocycles. The van der Waals surface area contributed by atoms with Crippen LogP contribution < -0.4 is 4.74 Å². The molecule has 0 saturated carbocycles. The van der Waals surface area contributed by atoms with Gasteiger partial charge in [-0.15, -0.1) is 0 Å². The molecule has 0 bridgehead atoms. The molecule has 1 atom stereocenters. The zero-order chi connectivity index (χ0) is 13.9. The highest BCUT2D eigenvalue weighted by Gasteiger charge is 2.27. The molecule has 1 aliphatic rings. The van der Waals surface area contributed by atoms with E-state index in [9.17, 15) is 0 Å². The average molecular weight is 338 g/mol. The molecule has 3 heterocycles. The summed E-state index contributed by atoms with van der Waals surface area (Å²) in [5.41, 5.74) is 1.24. The SMILES string of the molecule is COc1cc(CN2CCCC2c2cncc(Br)c2)on1. The minimum atomic E-state index is 0.385. The molecule has 5 nitrogen and oxygen atoms in total. The van der Waals surface area contributed by atoms with Gasteiger partial charge < -0.3 is 9.26 Å². The molecule has 2 aromatic heterocycles. The lowest BCUT2D eigenvalue weighted by atomic mass is 10.1. The zero-order valence-electron chi connectivity index (χ0n) is 11.3. The van der Waals surface area contributed by atoms with Gasteiger partial charge >= 0.3 is 0 Å². The molecule has 2 aromatic rings. The maximum atomic E-state index is 5.28. The van der Waals surface area contributed by atoms with Crippen molar-refractivity contribution >= 4 is 15.9 Å². The summed E-state index contributed by atoms with van der Waals surface area (Å²) < 4.78 is 11.3. The number of rotatable bonds is 4. The van der Waals surface area contributed by atoms with Gasteiger partial charge in [-0.25, -0.2) is 0 Å². The minimum Gasteiger partial charge on any atom is -0.479 e. The van der Waals surface area contributed by atoms with E-state index >= 15 is 0 Å². The highest BCUT2D eigenvalue weighted by atomic mass is 79.9. The van der Waals surface area contributed by atoms with Gasteiger partial charge in [0.15, 0.2) is 5.76 Å². The average Bonchev–Trinajstić information content (AvgIpc) is 3.08. The number of methoxy groups -OCH3 is 1. The van der Waals surface area contributed by atoms with E-state index < -0.39 is 0 Å². The van der Waals surface area contributed by atoms with Crippen LogP contribution in [0.2, 0.25) is 0 Å². The summed E-state index contributed by atoms with van der Waals surface area (Å²) in [4.78, 5) is 6.65. The number of ether oxygens (including phenoxy) is 1. The third kappa shape index (κ3) is 2.86. The van der Waals surface area contributed by atoms with E-state index in [-0.39, 0.29) is 0 Å². The van der Waals surface area contributed by atoms with Crippen LogP contribution in [0.1, 0.15) is 30.2 Å². The Labute approximate surface area is 126 Å². The standard InChI is InChI=1S/C14H16BrN3O2/c1-19-14-6-12(20-17-14)9-18-4-2-3-13(18)10-5-11(15)8-16-7-10/h5-8,13H,2-4,9H2,1H3. The Balaban J connectivity index is 1.75. The lowest BCUT2D eigenvalue weighted by Crippen LogP contribution is -2.22. The van der Waals surface area contributed by atoms with Crippen molar-refractivity contribution in [3.05, 3.63) is 40.3 Å². The Hall–Kier alpha value is -1.40. The van der Waals surface area contributed by atoms with Crippen LogP contribution >= 0.6 is 15.9 Å². The molecule has 0 aliphatic carbocycles. The molecule has 106 valence electrons. The highest BCUT2D eigenvalue weighted by Crippen LogP contribution is 2.33. The number of pyridine rings is 1. The van der Waals surface area contributed by atoms with Gasteiger partial charge in [0.2, 0.25) is 0 Å². The molecule has 1 unspecified atom stereocenters. The fraction of sp³-hybridized carbons (Fsp3) is 0.429. The molecular weight excluding hydrogens is 322 g/mol. The number of halogens is 1. The van der Waals surface area contributed by atoms with Crippen LogP contribution in [0, 0.1) is 0 Å². The molecule has 6 heteroatoms. The first-order valence-electron chi connectivity index (χ1n) is 6.60. The molecule has 1 saturated heterocycles. The summed E-state index contributed by atoms with van der Waals surface area (Å²) in [6.45, 7) is 1.80. The van der Waals surface area contributed by atoms with Crippen LogP contribution in [0.4, 0.5) is 0 Å². The largest absolute Gasteiger partial charge is 0.479 e. The number of hydrogen-bond donors (Lipinski definition) is 0. The second-order valence-electron chi connectivity index (χ2n) is 4.90. The van der Waals surface area contributed by atoms with Crippen LogP contribution in [0.5, 0.6) is 5.88 Å². The second kappa shape index (κ2) is 5.93. The Morgan fingerprint density at radius 2 is 2.35 bits per heavy atom. The van der Waals surface area contributed by atoms with Crippen LogP contribution in [0.3, 0.4) is 0 Å². The van der Waals surface area contributed by atoms with Crippen LogP contribution in [0.25, 0.3) is 0 Å². The van der Waals surface area contributed by atoms with E-state index in [2.05, 4.69) is 37.0 Å². The lowest BCUT2D eigenvalue weighted by molar-refractivity contribution is 0.214. The highest BCUT2D eigenvalue weighted by molar-refractivity contribution is 9.10. The molecular formula is C14H16BrN3O2. The molecule has 0 spiro atoms. The number of hydrogen-bond acceptors (Lipinski definition) is 5. The van der Waals surface area contributed by atoms with Crippen molar-refractivity contribution in [1.82, 2.24) is 15.0 Å². The third-order valence-electron chi connectivity index (χ3n) is 3.58. The monoisotopic (exact) mass is 337 g/mol. The van der Waals surface area contributed by atoms with Gasteiger partial charge in [-0.3, -0.25) is 9.88 Å². The number of likely N-dealkylation sites (tertiary alicyclic amines) is 1. The predicted octanol–water partition coefficient (Wildman–Crippen LogP) is 3.18. The van der Waals surface area contributed by atoms with Crippen molar-refractivity contribution in [3.8, 4) is 5.88 Å². The third-order valence-corrected chi connectivity index (χ3v) is 4.01. The molecule has 0 N–H and O–H groups in total. The van der Waals surface area contributed by atoms with Gasteiger partial charge in [-0.2, -0.15) is 0 Å². The van der Waals surface area contributed by atoms with Crippen molar-refractivity contribution in [1.29, 1.82) is 0 Å². The summed E-state index contributed by atoms with van der Waals surface area (Å²) in [6, 6.07) is 4.36. The van der Waals surface area contributed by atoms with E-state index in [1.165, 1.54) is 12.0 Å². The van der Waals surface area contributed by atoms with Crippen molar-refractivity contribution < 1.29 is 9.26 Å². The summed E-state index contributed by atoms with van der Waals surface area (Å²) in [6.07, 6.45) is 6.07. The molecule has 3 rings (SSSR count). The maximum Gasteiger partial charge on any atom is 0.254 e. The van der Waals surface area contributed by atoms with Crippen molar-refractivity contribution in [3.63, 3.8) is 0 Å². The topological polar surface area (TPSA) is 51.4 Å². The molecule has 0 amide bonds. The van der Waals surface area contributed by atoms with Crippen molar-refractivity contribution in [2.24, 2.45) is 0 Å². The van der Waals surface area contributed by atoms with E-state index in [0.29, 0.717) is 11.9 Å². The minimum absolute atomic E-state index is 0.385. The summed E-state index contributed by atoms with van der Waals surface area (Å²) in [5, 5.41) is 3.84. The quantitative estimate of drug-likeness (QED) is 0.857. The zero-order valence-corrected chi connectivity index (χ0v) is 12.8. The second-order valence-corrected chi connectivity index (χ2v) is 5.82. The predicted molar refractivity (Wildman–Crippen MR) is 77.4 cm³/mol. The summed E-state index contributed by atoms with van der Waals surface area (Å²) >= 11 is 3.48. The Morgan fingerprint density at radius 1 is 1.45 bits per heavy atom. The first-order chi connectivity index (χ1) is 9.76. The molecule has 20 heavy (non-hydrogen) atoms. The van der Waals surface area contributed by atoms with Gasteiger partial charge in [-0.05, 0) is 52.1 Å². The molecule has 1 fully saturated rings. The van der Waals surface area contributed by atoms with E-state index in [1.54, 1.807) is 7.11 Å². The van der Waals surface area contributed by atoms with Crippen LogP contribution in [0.15, 0.2) is 33.5 Å². The number of aromatic nitrogens is 2. The first-order valence-corrected chi connectivity index (χ1v) is 7.39. The fourth-order valence-corrected chi connectivity index (χ4v) is 3.05. The van der Waals surface area contributed by atoms with Crippen LogP contribution in [-0.2, 0) is 6.54 Å². The maximum absolute atomic E-state index is 5.28. The normalized spacial score (nSPS) is 19.4. The van der Waals surface area contributed by atoms with Crippen molar-refractivity contribution in [2.45, 2.75) is 25.4 Å². The molecule has 0 radical (unpaired) electrons. The Morgan fingerprint density at radius 3 is 3.10 bits per heavy atom. The van der Waals surface area contributed by atoms with Gasteiger partial charge in [0, 0.05) is 29.0 Å². The number of nitrogens with zero attached hydrogens (tertiary/aromatic N) is 3. The van der Waals surface area contributed by atoms with E-state index in [4.69, 9.17) is 9.26 Å². The Kier molecular flexibility index (Phi) is 4.03. The Bertz CT molecular complexity index is 587. The van der Waals surface area contributed by atoms with Crippen molar-refractivity contribution in [2.75, 3.05) is 13.7 Å². The van der Waals surface area contributed by atoms with Gasteiger partial charge in [-0.1, -0.05) is 0 Å². The van der Waals surface area contributed by atoms with Gasteiger partial charge in [0.05, 0.1) is 13.7 Å². The van der Waals surface area contributed by atoms with Crippen LogP contribution in [-0.4, -0.2) is 28.7 Å².